The molecule has 22 heavy (non-hydrogen) atoms. The molecule has 0 amide bonds. The molecule has 4 bridgehead atoms. The molecule has 0 unspecified atom stereocenters. The van der Waals surface area contributed by atoms with Crippen molar-refractivity contribution in [3.63, 3.8) is 0 Å². The molecule has 4 aliphatic carbocycles. The van der Waals surface area contributed by atoms with Crippen LogP contribution in [0, 0.1) is 17.8 Å². The van der Waals surface area contributed by atoms with Gasteiger partial charge in [0.15, 0.2) is 5.78 Å². The summed E-state index contributed by atoms with van der Waals surface area (Å²) in [4.78, 5) is 12.4. The predicted molar refractivity (Wildman–Crippen MR) is 97.7 cm³/mol. The molecule has 5 rings (SSSR count). The Morgan fingerprint density at radius 1 is 1.05 bits per heavy atom. The van der Waals surface area contributed by atoms with Crippen molar-refractivity contribution in [2.75, 3.05) is 6.54 Å². The fraction of sp³-hybridized carbons (Fsp3) is 0.611. The fourth-order valence-electron chi connectivity index (χ4n) is 5.33. The quantitative estimate of drug-likeness (QED) is 0.699. The Labute approximate surface area is 151 Å². The van der Waals surface area contributed by atoms with Crippen LogP contribution in [0.25, 0.3) is 0 Å². The Kier molecular flexibility index (Phi) is 4.82. The molecule has 4 aliphatic rings. The summed E-state index contributed by atoms with van der Waals surface area (Å²) in [6.07, 6.45) is 8.23. The van der Waals surface area contributed by atoms with Crippen molar-refractivity contribution in [2.45, 2.75) is 44.1 Å². The Morgan fingerprint density at radius 2 is 1.55 bits per heavy atom. The molecule has 0 aromatic heterocycles. The van der Waals surface area contributed by atoms with Gasteiger partial charge < -0.3 is 5.32 Å². The molecule has 1 aromatic carbocycles. The normalized spacial score (nSPS) is 35.2. The van der Waals surface area contributed by atoms with Gasteiger partial charge in [-0.3, -0.25) is 4.79 Å². The van der Waals surface area contributed by atoms with Gasteiger partial charge >= 0.3 is 0 Å². The first-order valence-corrected chi connectivity index (χ1v) is 8.95. The number of halogens is 2. The second-order valence-corrected chi connectivity index (χ2v) is 8.40. The summed E-state index contributed by atoms with van der Waals surface area (Å²) in [5.74, 6) is 2.99. The van der Waals surface area contributed by atoms with Gasteiger partial charge in [-0.05, 0) is 68.4 Å². The zero-order valence-corrected chi connectivity index (χ0v) is 16.0. The third-order valence-corrected chi connectivity index (χ3v) is 6.36. The van der Waals surface area contributed by atoms with Gasteiger partial charge in [0.1, 0.15) is 0 Å². The molecule has 4 heteroatoms. The molecule has 2 nitrogen and oxygen atoms in total. The first-order chi connectivity index (χ1) is 10.1. The zero-order chi connectivity index (χ0) is 14.4. The minimum Gasteiger partial charge on any atom is -0.304 e. The van der Waals surface area contributed by atoms with Crippen molar-refractivity contribution in [3.05, 3.63) is 34.3 Å². The Bertz CT molecular complexity index is 519. The molecule has 0 atom stereocenters. The summed E-state index contributed by atoms with van der Waals surface area (Å²) in [5.41, 5.74) is 1.09. The van der Waals surface area contributed by atoms with Gasteiger partial charge in [-0.2, -0.15) is 0 Å². The van der Waals surface area contributed by atoms with Crippen LogP contribution in [0.15, 0.2) is 28.7 Å². The lowest BCUT2D eigenvalue weighted by molar-refractivity contribution is -0.0186. The average molecular weight is 429 g/mol. The van der Waals surface area contributed by atoms with E-state index < -0.39 is 0 Å². The molecule has 1 N–H and O–H groups in total. The molecule has 4 saturated carbocycles. The number of rotatable bonds is 4. The van der Waals surface area contributed by atoms with Crippen LogP contribution in [0.3, 0.4) is 0 Å². The Balaban J connectivity index is 0.00000144. The van der Waals surface area contributed by atoms with Crippen LogP contribution in [-0.2, 0) is 0 Å². The summed E-state index contributed by atoms with van der Waals surface area (Å²) in [5, 5.41) is 3.68. The smallest absolute Gasteiger partial charge is 0.176 e. The summed E-state index contributed by atoms with van der Waals surface area (Å²) in [6, 6.07) is 7.71. The lowest BCUT2D eigenvalue weighted by atomic mass is 9.53. The van der Waals surface area contributed by atoms with Crippen LogP contribution in [0.2, 0.25) is 0 Å². The molecule has 120 valence electrons. The highest BCUT2D eigenvalue weighted by Gasteiger charge is 2.50. The highest BCUT2D eigenvalue weighted by atomic mass is 79.9. The van der Waals surface area contributed by atoms with Gasteiger partial charge in [0.05, 0.1) is 6.54 Å². The van der Waals surface area contributed by atoms with Crippen molar-refractivity contribution in [3.8, 4) is 0 Å². The number of benzene rings is 1. The third-order valence-electron chi connectivity index (χ3n) is 5.83. The molecule has 4 fully saturated rings. The van der Waals surface area contributed by atoms with Crippen LogP contribution in [-0.4, -0.2) is 17.9 Å². The molecular formula is C18H23Br2NO. The second-order valence-electron chi connectivity index (χ2n) is 7.48. The predicted octanol–water partition coefficient (Wildman–Crippen LogP) is 4.77. The van der Waals surface area contributed by atoms with E-state index in [4.69, 9.17) is 0 Å². The molecule has 0 heterocycles. The van der Waals surface area contributed by atoms with Crippen LogP contribution in [0.5, 0.6) is 0 Å². The van der Waals surface area contributed by atoms with Crippen molar-refractivity contribution in [1.82, 2.24) is 5.32 Å². The van der Waals surface area contributed by atoms with Crippen molar-refractivity contribution >= 4 is 38.7 Å². The molecule has 0 aliphatic heterocycles. The van der Waals surface area contributed by atoms with E-state index in [1.165, 1.54) is 38.5 Å². The van der Waals surface area contributed by atoms with E-state index >= 15 is 0 Å². The topological polar surface area (TPSA) is 29.1 Å². The number of Topliss-reactive ketones (excluding diaryl/α,β-unsaturated/α-hetero) is 1. The Hall–Kier alpha value is -0.190. The largest absolute Gasteiger partial charge is 0.304 e. The van der Waals surface area contributed by atoms with E-state index in [1.54, 1.807) is 0 Å². The van der Waals surface area contributed by atoms with Gasteiger partial charge in [0.25, 0.3) is 0 Å². The SMILES string of the molecule is Br.O=C(CNC12CC3CC(CC(C3)C1)C2)c1ccc(Br)cc1. The van der Waals surface area contributed by atoms with E-state index in [1.807, 2.05) is 24.3 Å². The number of ketones is 1. The van der Waals surface area contributed by atoms with E-state index in [2.05, 4.69) is 21.2 Å². The van der Waals surface area contributed by atoms with Gasteiger partial charge in [0.2, 0.25) is 0 Å². The molecule has 0 spiro atoms. The standard InChI is InChI=1S/C18H22BrNO.BrH/c19-16-3-1-15(2-4-16)17(21)11-20-18-8-12-5-13(9-18)7-14(6-12)10-18;/h1-4,12-14,20H,5-11H2;1H. The number of carbonyl (C=O) groups is 1. The minimum absolute atomic E-state index is 0. The summed E-state index contributed by atoms with van der Waals surface area (Å²) in [7, 11) is 0. The molecule has 0 saturated heterocycles. The first-order valence-electron chi connectivity index (χ1n) is 8.16. The van der Waals surface area contributed by atoms with Gasteiger partial charge in [-0.25, -0.2) is 0 Å². The fourth-order valence-corrected chi connectivity index (χ4v) is 5.60. The van der Waals surface area contributed by atoms with E-state index in [0.29, 0.717) is 6.54 Å². The minimum atomic E-state index is 0. The maximum atomic E-state index is 12.4. The van der Waals surface area contributed by atoms with E-state index in [0.717, 1.165) is 27.8 Å². The maximum absolute atomic E-state index is 12.4. The van der Waals surface area contributed by atoms with Crippen LogP contribution in [0.4, 0.5) is 0 Å². The van der Waals surface area contributed by atoms with Crippen molar-refractivity contribution in [2.24, 2.45) is 17.8 Å². The second kappa shape index (κ2) is 6.37. The van der Waals surface area contributed by atoms with E-state index in [-0.39, 0.29) is 28.3 Å². The lowest BCUT2D eigenvalue weighted by Gasteiger charge is -2.57. The maximum Gasteiger partial charge on any atom is 0.176 e. The van der Waals surface area contributed by atoms with Crippen molar-refractivity contribution < 1.29 is 4.79 Å². The lowest BCUT2D eigenvalue weighted by Crippen LogP contribution is -2.59. The molecule has 1 aromatic rings. The van der Waals surface area contributed by atoms with Gasteiger partial charge in [-0.15, -0.1) is 17.0 Å². The van der Waals surface area contributed by atoms with Crippen LogP contribution < -0.4 is 5.32 Å². The molecular weight excluding hydrogens is 406 g/mol. The summed E-state index contributed by atoms with van der Waals surface area (Å²) >= 11 is 3.41. The number of nitrogens with one attached hydrogen (secondary N) is 1. The highest BCUT2D eigenvalue weighted by molar-refractivity contribution is 9.10. The Morgan fingerprint density at radius 3 is 2.05 bits per heavy atom. The number of hydrogen-bond acceptors (Lipinski definition) is 2. The average Bonchev–Trinajstić information content (AvgIpc) is 2.44. The summed E-state index contributed by atoms with van der Waals surface area (Å²) in [6.45, 7) is 0.494. The highest BCUT2D eigenvalue weighted by Crippen LogP contribution is 2.55. The third kappa shape index (κ3) is 3.20. The number of hydrogen-bond donors (Lipinski definition) is 1. The summed E-state index contributed by atoms with van der Waals surface area (Å²) < 4.78 is 1.02. The number of carbonyl (C=O) groups excluding carboxylic acids is 1. The van der Waals surface area contributed by atoms with E-state index in [9.17, 15) is 4.79 Å². The van der Waals surface area contributed by atoms with Crippen LogP contribution in [0.1, 0.15) is 48.9 Å². The van der Waals surface area contributed by atoms with Gasteiger partial charge in [-0.1, -0.05) is 28.1 Å². The molecule has 0 radical (unpaired) electrons. The zero-order valence-electron chi connectivity index (χ0n) is 12.7. The van der Waals surface area contributed by atoms with Crippen LogP contribution >= 0.6 is 32.9 Å². The first kappa shape index (κ1) is 16.7. The van der Waals surface area contributed by atoms with Crippen molar-refractivity contribution in [1.29, 1.82) is 0 Å². The monoisotopic (exact) mass is 427 g/mol. The van der Waals surface area contributed by atoms with Gasteiger partial charge in [0, 0.05) is 15.6 Å².